The van der Waals surface area contributed by atoms with E-state index in [1.807, 2.05) is 24.3 Å². The molecule has 0 aliphatic carbocycles. The number of nitrogens with zero attached hydrogens (tertiary/aromatic N) is 2. The molecule has 0 amide bonds. The standard InChI is InChI=1S/C54H32N2O2/c1-5-21-45-37(13-1)43-31-33(35-17-11-19-41-39-15-3-9-25-51(39)57-53(35)41)27-29-47(43)55(45)49-23-7-8-24-50(49)56-46-22-6-2-14-38(46)44-32-34(28-30-48(44)56)36-18-12-20-42-40-16-4-10-26-52(40)58-54(36)42/h1-32H. The SMILES string of the molecule is c1ccc(-n2c3ccccc3c3cc(-c4cccc5c4oc4ccccc45)ccc32)c(-n2c3ccccc3c3cc(-c4cccc5c4oc4ccccc45)ccc32)c1. The molecule has 0 saturated heterocycles. The second-order valence-electron chi connectivity index (χ2n) is 15.2. The van der Waals surface area contributed by atoms with Crippen LogP contribution in [0.5, 0.6) is 0 Å². The normalized spacial score (nSPS) is 12.1. The Balaban J connectivity index is 1.02. The summed E-state index contributed by atoms with van der Waals surface area (Å²) in [4.78, 5) is 0. The number of aromatic nitrogens is 2. The number of benzene rings is 9. The van der Waals surface area contributed by atoms with Gasteiger partial charge in [0.1, 0.15) is 22.3 Å². The van der Waals surface area contributed by atoms with E-state index in [1.165, 1.54) is 21.5 Å². The van der Waals surface area contributed by atoms with E-state index in [-0.39, 0.29) is 0 Å². The highest BCUT2D eigenvalue weighted by Gasteiger charge is 2.21. The summed E-state index contributed by atoms with van der Waals surface area (Å²) in [6, 6.07) is 69.5. The zero-order valence-electron chi connectivity index (χ0n) is 31.2. The first-order valence-electron chi connectivity index (χ1n) is 19.8. The zero-order valence-corrected chi connectivity index (χ0v) is 31.2. The summed E-state index contributed by atoms with van der Waals surface area (Å²) in [7, 11) is 0. The van der Waals surface area contributed by atoms with Crippen LogP contribution in [0.25, 0.3) is 121 Å². The number of hydrogen-bond acceptors (Lipinski definition) is 2. The highest BCUT2D eigenvalue weighted by molar-refractivity contribution is 6.15. The Kier molecular flexibility index (Phi) is 6.41. The molecular weight excluding hydrogens is 709 g/mol. The smallest absolute Gasteiger partial charge is 0.143 e. The number of furan rings is 2. The first-order valence-corrected chi connectivity index (χ1v) is 19.8. The fourth-order valence-corrected chi connectivity index (χ4v) is 9.59. The van der Waals surface area contributed by atoms with Gasteiger partial charge in [0.15, 0.2) is 0 Å². The molecule has 0 spiro atoms. The third-order valence-electron chi connectivity index (χ3n) is 12.1. The Bertz CT molecular complexity index is 3560. The quantitative estimate of drug-likeness (QED) is 0.180. The van der Waals surface area contributed by atoms with Crippen LogP contribution in [0.15, 0.2) is 203 Å². The third kappa shape index (κ3) is 4.34. The molecule has 0 unspecified atom stereocenters. The van der Waals surface area contributed by atoms with Gasteiger partial charge in [0.25, 0.3) is 0 Å². The highest BCUT2D eigenvalue weighted by atomic mass is 16.3. The predicted octanol–water partition coefficient (Wildman–Crippen LogP) is 15.0. The lowest BCUT2D eigenvalue weighted by Gasteiger charge is -2.17. The molecule has 0 saturated carbocycles. The van der Waals surface area contributed by atoms with E-state index < -0.39 is 0 Å². The first-order chi connectivity index (χ1) is 28.8. The van der Waals surface area contributed by atoms with Crippen molar-refractivity contribution in [1.82, 2.24) is 9.13 Å². The Morgan fingerprint density at radius 2 is 0.655 bits per heavy atom. The molecule has 0 aliphatic heterocycles. The van der Waals surface area contributed by atoms with Crippen molar-refractivity contribution in [2.24, 2.45) is 0 Å². The van der Waals surface area contributed by atoms with Crippen molar-refractivity contribution in [2.45, 2.75) is 0 Å². The molecule has 58 heavy (non-hydrogen) atoms. The van der Waals surface area contributed by atoms with E-state index in [0.29, 0.717) is 0 Å². The fourth-order valence-electron chi connectivity index (χ4n) is 9.59. The van der Waals surface area contributed by atoms with E-state index in [9.17, 15) is 0 Å². The Hall–Kier alpha value is -7.82. The molecule has 0 N–H and O–H groups in total. The largest absolute Gasteiger partial charge is 0.455 e. The average molecular weight is 741 g/mol. The van der Waals surface area contributed by atoms with Gasteiger partial charge in [-0.1, -0.05) is 133 Å². The van der Waals surface area contributed by atoms with E-state index in [1.54, 1.807) is 0 Å². The second-order valence-corrected chi connectivity index (χ2v) is 15.2. The lowest BCUT2D eigenvalue weighted by atomic mass is 10.0. The van der Waals surface area contributed by atoms with Crippen LogP contribution >= 0.6 is 0 Å². The predicted molar refractivity (Wildman–Crippen MR) is 241 cm³/mol. The van der Waals surface area contributed by atoms with Crippen LogP contribution < -0.4 is 0 Å². The molecule has 0 aliphatic rings. The molecule has 4 aromatic heterocycles. The molecule has 9 aromatic carbocycles. The van der Waals surface area contributed by atoms with Crippen molar-refractivity contribution >= 4 is 87.5 Å². The van der Waals surface area contributed by atoms with Crippen LogP contribution in [-0.2, 0) is 0 Å². The lowest BCUT2D eigenvalue weighted by molar-refractivity contribution is 0.669. The van der Waals surface area contributed by atoms with Gasteiger partial charge >= 0.3 is 0 Å². The summed E-state index contributed by atoms with van der Waals surface area (Å²) in [6.45, 7) is 0. The monoisotopic (exact) mass is 740 g/mol. The topological polar surface area (TPSA) is 36.1 Å². The van der Waals surface area contributed by atoms with Gasteiger partial charge in [0.2, 0.25) is 0 Å². The van der Waals surface area contributed by atoms with Crippen molar-refractivity contribution in [3.8, 4) is 33.6 Å². The molecule has 0 bridgehead atoms. The summed E-state index contributed by atoms with van der Waals surface area (Å²) in [5.41, 5.74) is 14.9. The third-order valence-corrected chi connectivity index (χ3v) is 12.1. The van der Waals surface area contributed by atoms with Crippen molar-refractivity contribution in [2.75, 3.05) is 0 Å². The average Bonchev–Trinajstić information content (AvgIpc) is 4.04. The van der Waals surface area contributed by atoms with Gasteiger partial charge in [0.05, 0.1) is 33.4 Å². The summed E-state index contributed by atoms with van der Waals surface area (Å²) >= 11 is 0. The van der Waals surface area contributed by atoms with Crippen molar-refractivity contribution in [3.63, 3.8) is 0 Å². The van der Waals surface area contributed by atoms with Gasteiger partial charge in [-0.3, -0.25) is 0 Å². The molecule has 270 valence electrons. The van der Waals surface area contributed by atoms with Crippen LogP contribution in [0.1, 0.15) is 0 Å². The van der Waals surface area contributed by atoms with Gasteiger partial charge < -0.3 is 18.0 Å². The molecular formula is C54H32N2O2. The van der Waals surface area contributed by atoms with E-state index in [0.717, 1.165) is 99.6 Å². The Labute approximate surface area is 332 Å². The highest BCUT2D eigenvalue weighted by Crippen LogP contribution is 2.43. The molecule has 4 nitrogen and oxygen atoms in total. The molecule has 4 heterocycles. The molecule has 0 radical (unpaired) electrons. The van der Waals surface area contributed by atoms with Crippen molar-refractivity contribution < 1.29 is 8.83 Å². The summed E-state index contributed by atoms with van der Waals surface area (Å²) in [5.74, 6) is 0. The van der Waals surface area contributed by atoms with Gasteiger partial charge in [-0.2, -0.15) is 0 Å². The fraction of sp³-hybridized carbons (Fsp3) is 0. The summed E-state index contributed by atoms with van der Waals surface area (Å²) in [5, 5.41) is 9.35. The van der Waals surface area contributed by atoms with Gasteiger partial charge in [0, 0.05) is 54.2 Å². The molecule has 0 fully saturated rings. The minimum Gasteiger partial charge on any atom is -0.455 e. The van der Waals surface area contributed by atoms with Crippen molar-refractivity contribution in [3.05, 3.63) is 194 Å². The van der Waals surface area contributed by atoms with Crippen LogP contribution in [0.3, 0.4) is 0 Å². The molecule has 4 heteroatoms. The number of para-hydroxylation sites is 8. The van der Waals surface area contributed by atoms with Gasteiger partial charge in [-0.15, -0.1) is 0 Å². The van der Waals surface area contributed by atoms with Crippen LogP contribution in [0.4, 0.5) is 0 Å². The maximum atomic E-state index is 6.49. The Morgan fingerprint density at radius 1 is 0.276 bits per heavy atom. The molecule has 13 aromatic rings. The maximum Gasteiger partial charge on any atom is 0.143 e. The zero-order chi connectivity index (χ0) is 37.9. The van der Waals surface area contributed by atoms with E-state index >= 15 is 0 Å². The van der Waals surface area contributed by atoms with Crippen LogP contribution in [0.2, 0.25) is 0 Å². The number of fused-ring (bicyclic) bond motifs is 12. The Morgan fingerprint density at radius 3 is 1.14 bits per heavy atom. The number of rotatable bonds is 4. The summed E-state index contributed by atoms with van der Waals surface area (Å²) in [6.07, 6.45) is 0. The minimum atomic E-state index is 0.907. The van der Waals surface area contributed by atoms with Crippen LogP contribution in [-0.4, -0.2) is 9.13 Å². The van der Waals surface area contributed by atoms with Crippen molar-refractivity contribution in [1.29, 1.82) is 0 Å². The lowest BCUT2D eigenvalue weighted by Crippen LogP contribution is -2.03. The van der Waals surface area contributed by atoms with E-state index in [4.69, 9.17) is 8.83 Å². The van der Waals surface area contributed by atoms with Crippen LogP contribution in [0, 0.1) is 0 Å². The van der Waals surface area contributed by atoms with Gasteiger partial charge in [-0.25, -0.2) is 0 Å². The minimum absolute atomic E-state index is 0.907. The second kappa shape index (κ2) is 11.8. The van der Waals surface area contributed by atoms with Gasteiger partial charge in [-0.05, 0) is 71.8 Å². The number of hydrogen-bond donors (Lipinski definition) is 0. The molecule has 0 atom stereocenters. The van der Waals surface area contributed by atoms with E-state index in [2.05, 4.69) is 179 Å². The molecule has 13 rings (SSSR count). The summed E-state index contributed by atoms with van der Waals surface area (Å²) < 4.78 is 17.8. The maximum absolute atomic E-state index is 6.49. The first kappa shape index (κ1) is 31.4.